The van der Waals surface area contributed by atoms with Crippen molar-refractivity contribution < 1.29 is 9.13 Å². The Labute approximate surface area is 113 Å². The molecule has 4 nitrogen and oxygen atoms in total. The maximum atomic E-state index is 13.3. The lowest BCUT2D eigenvalue weighted by Gasteiger charge is -2.26. The quantitative estimate of drug-likeness (QED) is 0.776. The molecule has 1 fully saturated rings. The van der Waals surface area contributed by atoms with E-state index >= 15 is 0 Å². The average molecular weight is 267 g/mol. The SMILES string of the molecule is NC1CCC(OCCCNc2ncccc2F)CC1. The molecule has 1 aliphatic carbocycles. The van der Waals surface area contributed by atoms with Gasteiger partial charge in [0.2, 0.25) is 0 Å². The lowest BCUT2D eigenvalue weighted by atomic mass is 9.94. The molecule has 1 aromatic rings. The molecule has 106 valence electrons. The van der Waals surface area contributed by atoms with E-state index in [-0.39, 0.29) is 5.82 Å². The van der Waals surface area contributed by atoms with Gasteiger partial charge in [-0.3, -0.25) is 0 Å². The van der Waals surface area contributed by atoms with Crippen LogP contribution in [0.25, 0.3) is 0 Å². The van der Waals surface area contributed by atoms with Crippen LogP contribution in [0, 0.1) is 5.82 Å². The van der Waals surface area contributed by atoms with Crippen molar-refractivity contribution in [3.05, 3.63) is 24.1 Å². The number of ether oxygens (including phenoxy) is 1. The van der Waals surface area contributed by atoms with E-state index in [4.69, 9.17) is 10.5 Å². The zero-order valence-corrected chi connectivity index (χ0v) is 11.1. The molecule has 0 amide bonds. The molecule has 0 aromatic carbocycles. The fraction of sp³-hybridized carbons (Fsp3) is 0.643. The molecule has 0 unspecified atom stereocenters. The zero-order valence-electron chi connectivity index (χ0n) is 11.1. The fourth-order valence-corrected chi connectivity index (χ4v) is 2.30. The Hall–Kier alpha value is -1.20. The highest BCUT2D eigenvalue weighted by Gasteiger charge is 2.18. The van der Waals surface area contributed by atoms with Crippen molar-refractivity contribution in [2.24, 2.45) is 5.73 Å². The molecular formula is C14H22FN3O. The van der Waals surface area contributed by atoms with Crippen LogP contribution in [0.1, 0.15) is 32.1 Å². The van der Waals surface area contributed by atoms with Crippen molar-refractivity contribution >= 4 is 5.82 Å². The third-order valence-corrected chi connectivity index (χ3v) is 3.44. The van der Waals surface area contributed by atoms with Crippen molar-refractivity contribution in [1.29, 1.82) is 0 Å². The maximum absolute atomic E-state index is 13.3. The third kappa shape index (κ3) is 4.76. The van der Waals surface area contributed by atoms with Crippen molar-refractivity contribution in [3.63, 3.8) is 0 Å². The van der Waals surface area contributed by atoms with Crippen LogP contribution in [0.5, 0.6) is 0 Å². The van der Waals surface area contributed by atoms with Gasteiger partial charge in [-0.2, -0.15) is 0 Å². The number of nitrogens with zero attached hydrogens (tertiary/aromatic N) is 1. The molecular weight excluding hydrogens is 245 g/mol. The number of halogens is 1. The Morgan fingerprint density at radius 2 is 2.16 bits per heavy atom. The Bertz CT molecular complexity index is 381. The topological polar surface area (TPSA) is 60.2 Å². The van der Waals surface area contributed by atoms with Gasteiger partial charge in [-0.25, -0.2) is 9.37 Å². The van der Waals surface area contributed by atoms with Crippen LogP contribution in [-0.4, -0.2) is 30.3 Å². The molecule has 0 radical (unpaired) electrons. The van der Waals surface area contributed by atoms with Gasteiger partial charge in [0.1, 0.15) is 0 Å². The van der Waals surface area contributed by atoms with Crippen LogP contribution < -0.4 is 11.1 Å². The van der Waals surface area contributed by atoms with Gasteiger partial charge < -0.3 is 15.8 Å². The van der Waals surface area contributed by atoms with Gasteiger partial charge in [0.15, 0.2) is 11.6 Å². The van der Waals surface area contributed by atoms with Crippen molar-refractivity contribution in [2.75, 3.05) is 18.5 Å². The highest BCUT2D eigenvalue weighted by molar-refractivity contribution is 5.35. The summed E-state index contributed by atoms with van der Waals surface area (Å²) in [6, 6.07) is 3.34. The van der Waals surface area contributed by atoms with Crippen LogP contribution in [0.2, 0.25) is 0 Å². The number of nitrogens with one attached hydrogen (secondary N) is 1. The molecule has 1 aromatic heterocycles. The van der Waals surface area contributed by atoms with E-state index in [1.165, 1.54) is 6.07 Å². The van der Waals surface area contributed by atoms with Crippen LogP contribution in [0.15, 0.2) is 18.3 Å². The summed E-state index contributed by atoms with van der Waals surface area (Å²) in [5, 5.41) is 2.97. The van der Waals surface area contributed by atoms with Crippen LogP contribution in [-0.2, 0) is 4.74 Å². The summed E-state index contributed by atoms with van der Waals surface area (Å²) in [4.78, 5) is 3.93. The molecule has 0 atom stereocenters. The second kappa shape index (κ2) is 7.40. The maximum Gasteiger partial charge on any atom is 0.165 e. The standard InChI is InChI=1S/C14H22FN3O/c15-13-3-1-8-17-14(13)18-9-2-10-19-12-6-4-11(16)5-7-12/h1,3,8,11-12H,2,4-7,9-10,16H2,(H,17,18). The minimum absolute atomic E-state index is 0.311. The molecule has 1 aliphatic rings. The molecule has 5 heteroatoms. The number of hydrogen-bond donors (Lipinski definition) is 2. The van der Waals surface area contributed by atoms with Crippen LogP contribution in [0.3, 0.4) is 0 Å². The molecule has 19 heavy (non-hydrogen) atoms. The van der Waals surface area contributed by atoms with Crippen molar-refractivity contribution in [3.8, 4) is 0 Å². The number of rotatable bonds is 6. The lowest BCUT2D eigenvalue weighted by Crippen LogP contribution is -2.30. The predicted octanol–water partition coefficient (Wildman–Crippen LogP) is 2.31. The predicted molar refractivity (Wildman–Crippen MR) is 73.5 cm³/mol. The third-order valence-electron chi connectivity index (χ3n) is 3.44. The summed E-state index contributed by atoms with van der Waals surface area (Å²) in [5.41, 5.74) is 5.84. The molecule has 0 bridgehead atoms. The van der Waals surface area contributed by atoms with E-state index in [1.54, 1.807) is 12.3 Å². The first-order valence-electron chi connectivity index (χ1n) is 6.97. The number of anilines is 1. The molecule has 2 rings (SSSR count). The van der Waals surface area contributed by atoms with E-state index in [2.05, 4.69) is 10.3 Å². The zero-order chi connectivity index (χ0) is 13.5. The highest BCUT2D eigenvalue weighted by atomic mass is 19.1. The van der Waals surface area contributed by atoms with Crippen LogP contribution in [0.4, 0.5) is 10.2 Å². The first-order chi connectivity index (χ1) is 9.25. The fourth-order valence-electron chi connectivity index (χ4n) is 2.30. The van der Waals surface area contributed by atoms with Gasteiger partial charge >= 0.3 is 0 Å². The Morgan fingerprint density at radius 3 is 2.89 bits per heavy atom. The highest BCUT2D eigenvalue weighted by Crippen LogP contribution is 2.19. The van der Waals surface area contributed by atoms with Gasteiger partial charge in [0.05, 0.1) is 6.10 Å². The number of hydrogen-bond acceptors (Lipinski definition) is 4. The summed E-state index contributed by atoms with van der Waals surface area (Å²) in [6.45, 7) is 1.36. The molecule has 1 heterocycles. The van der Waals surface area contributed by atoms with Gasteiger partial charge in [-0.1, -0.05) is 0 Å². The average Bonchev–Trinajstić information content (AvgIpc) is 2.42. The molecule has 1 saturated carbocycles. The van der Waals surface area contributed by atoms with E-state index < -0.39 is 0 Å². The summed E-state index contributed by atoms with van der Waals surface area (Å²) >= 11 is 0. The molecule has 3 N–H and O–H groups in total. The van der Waals surface area contributed by atoms with Crippen molar-refractivity contribution in [2.45, 2.75) is 44.2 Å². The molecule has 0 saturated heterocycles. The monoisotopic (exact) mass is 267 g/mol. The second-order valence-electron chi connectivity index (χ2n) is 5.02. The largest absolute Gasteiger partial charge is 0.378 e. The van der Waals surface area contributed by atoms with Gasteiger partial charge in [0.25, 0.3) is 0 Å². The molecule has 0 aliphatic heterocycles. The van der Waals surface area contributed by atoms with E-state index in [0.717, 1.165) is 32.1 Å². The summed E-state index contributed by atoms with van der Waals surface area (Å²) in [7, 11) is 0. The number of aromatic nitrogens is 1. The van der Waals surface area contributed by atoms with Crippen LogP contribution >= 0.6 is 0 Å². The first kappa shape index (κ1) is 14.2. The summed E-state index contributed by atoms with van der Waals surface area (Å²) in [5.74, 6) is -0.00386. The lowest BCUT2D eigenvalue weighted by molar-refractivity contribution is 0.0251. The smallest absolute Gasteiger partial charge is 0.165 e. The number of nitrogens with two attached hydrogens (primary N) is 1. The Balaban J connectivity index is 1.56. The van der Waals surface area contributed by atoms with Gasteiger partial charge in [-0.15, -0.1) is 0 Å². The van der Waals surface area contributed by atoms with E-state index in [0.29, 0.717) is 31.1 Å². The van der Waals surface area contributed by atoms with Gasteiger partial charge in [-0.05, 0) is 44.2 Å². The van der Waals surface area contributed by atoms with E-state index in [1.807, 2.05) is 0 Å². The minimum Gasteiger partial charge on any atom is -0.378 e. The van der Waals surface area contributed by atoms with E-state index in [9.17, 15) is 4.39 Å². The minimum atomic E-state index is -0.315. The van der Waals surface area contributed by atoms with Gasteiger partial charge in [0, 0.05) is 25.4 Å². The summed E-state index contributed by atoms with van der Waals surface area (Å²) in [6.07, 6.45) is 7.01. The first-order valence-corrected chi connectivity index (χ1v) is 6.97. The normalized spacial score (nSPS) is 23.3. The Morgan fingerprint density at radius 1 is 1.37 bits per heavy atom. The Kier molecular flexibility index (Phi) is 5.54. The van der Waals surface area contributed by atoms with Crippen molar-refractivity contribution in [1.82, 2.24) is 4.98 Å². The number of pyridine rings is 1. The second-order valence-corrected chi connectivity index (χ2v) is 5.02. The summed E-state index contributed by atoms with van der Waals surface area (Å²) < 4.78 is 19.0. The molecule has 0 spiro atoms.